The van der Waals surface area contributed by atoms with Crippen molar-refractivity contribution in [2.75, 3.05) is 13.2 Å². The molecule has 0 aromatic heterocycles. The van der Waals surface area contributed by atoms with Gasteiger partial charge in [0.25, 0.3) is 0 Å². The van der Waals surface area contributed by atoms with Gasteiger partial charge in [-0.1, -0.05) is 31.4 Å². The van der Waals surface area contributed by atoms with Crippen LogP contribution < -0.4 is 9.47 Å². The number of benzene rings is 1. The second-order valence-electron chi connectivity index (χ2n) is 6.00. The number of rotatable bonds is 3. The summed E-state index contributed by atoms with van der Waals surface area (Å²) in [6.07, 6.45) is 5.90. The summed E-state index contributed by atoms with van der Waals surface area (Å²) in [5, 5.41) is 0.476. The van der Waals surface area contributed by atoms with Crippen LogP contribution in [0.25, 0.3) is 0 Å². The van der Waals surface area contributed by atoms with Crippen LogP contribution in [0.3, 0.4) is 0 Å². The van der Waals surface area contributed by atoms with Crippen LogP contribution in [-0.4, -0.2) is 19.0 Å². The molecular weight excluding hydrogens is 288 g/mol. The molecule has 0 N–H and O–H groups in total. The highest BCUT2D eigenvalue weighted by atomic mass is 35.5. The number of halogens is 1. The molecular formula is C17H21ClO3. The molecule has 0 unspecified atom stereocenters. The van der Waals surface area contributed by atoms with Crippen LogP contribution in [0.5, 0.6) is 11.5 Å². The van der Waals surface area contributed by atoms with Crippen molar-refractivity contribution in [2.24, 2.45) is 5.41 Å². The van der Waals surface area contributed by atoms with Crippen molar-refractivity contribution >= 4 is 17.4 Å². The molecule has 4 heteroatoms. The van der Waals surface area contributed by atoms with Gasteiger partial charge >= 0.3 is 0 Å². The van der Waals surface area contributed by atoms with Crippen molar-refractivity contribution in [3.8, 4) is 11.5 Å². The Morgan fingerprint density at radius 1 is 1.14 bits per heavy atom. The van der Waals surface area contributed by atoms with Gasteiger partial charge in [0, 0.05) is 23.5 Å². The Morgan fingerprint density at radius 3 is 2.38 bits per heavy atom. The smallest absolute Gasteiger partial charge is 0.170 e. The van der Waals surface area contributed by atoms with Crippen LogP contribution in [-0.2, 0) is 0 Å². The highest BCUT2D eigenvalue weighted by Crippen LogP contribution is 2.46. The maximum Gasteiger partial charge on any atom is 0.170 e. The normalized spacial score (nSPS) is 20.1. The van der Waals surface area contributed by atoms with E-state index in [1.54, 1.807) is 12.1 Å². The lowest BCUT2D eigenvalue weighted by molar-refractivity contribution is 0.0791. The van der Waals surface area contributed by atoms with Crippen LogP contribution in [0.4, 0.5) is 0 Å². The van der Waals surface area contributed by atoms with E-state index in [0.29, 0.717) is 35.3 Å². The number of carbonyl (C=O) groups is 1. The molecule has 1 saturated carbocycles. The molecule has 1 fully saturated rings. The third-order valence-electron chi connectivity index (χ3n) is 4.80. The van der Waals surface area contributed by atoms with E-state index in [-0.39, 0.29) is 11.2 Å². The molecule has 0 saturated heterocycles. The van der Waals surface area contributed by atoms with Crippen molar-refractivity contribution < 1.29 is 14.3 Å². The van der Waals surface area contributed by atoms with Gasteiger partial charge in [-0.2, -0.15) is 0 Å². The first-order valence-electron chi connectivity index (χ1n) is 7.80. The monoisotopic (exact) mass is 308 g/mol. The molecule has 0 atom stereocenters. The zero-order valence-corrected chi connectivity index (χ0v) is 13.2. The Morgan fingerprint density at radius 2 is 1.76 bits per heavy atom. The first-order chi connectivity index (χ1) is 10.2. The molecule has 0 radical (unpaired) electrons. The Balaban J connectivity index is 1.98. The van der Waals surface area contributed by atoms with E-state index in [1.807, 2.05) is 0 Å². The van der Waals surface area contributed by atoms with E-state index in [0.717, 1.165) is 38.5 Å². The summed E-state index contributed by atoms with van der Waals surface area (Å²) in [7, 11) is 0. The van der Waals surface area contributed by atoms with Gasteiger partial charge in [0.15, 0.2) is 17.3 Å². The molecule has 1 aromatic carbocycles. The predicted octanol–water partition coefficient (Wildman–Crippen LogP) is 4.65. The lowest BCUT2D eigenvalue weighted by Gasteiger charge is -2.26. The maximum atomic E-state index is 13.0. The highest BCUT2D eigenvalue weighted by Gasteiger charge is 2.40. The second kappa shape index (κ2) is 5.88. The van der Waals surface area contributed by atoms with Crippen molar-refractivity contribution in [1.29, 1.82) is 0 Å². The molecule has 0 amide bonds. The van der Waals surface area contributed by atoms with E-state index in [1.165, 1.54) is 0 Å². The van der Waals surface area contributed by atoms with Gasteiger partial charge in [-0.3, -0.25) is 4.79 Å². The molecule has 1 aromatic rings. The van der Waals surface area contributed by atoms with Gasteiger partial charge in [-0.15, -0.1) is 0 Å². The standard InChI is InChI=1S/C17H21ClO3/c1-2-17(6-3-4-7-17)16(19)12-10-14-15(11-13(12)18)21-9-5-8-20-14/h10-11H,2-9H2,1H3. The van der Waals surface area contributed by atoms with E-state index in [9.17, 15) is 4.79 Å². The number of ketones is 1. The zero-order valence-electron chi connectivity index (χ0n) is 12.4. The quantitative estimate of drug-likeness (QED) is 0.762. The first kappa shape index (κ1) is 14.7. The van der Waals surface area contributed by atoms with E-state index < -0.39 is 0 Å². The lowest BCUT2D eigenvalue weighted by atomic mass is 9.76. The molecule has 3 rings (SSSR count). The fraction of sp³-hybridized carbons (Fsp3) is 0.588. The van der Waals surface area contributed by atoms with Crippen molar-refractivity contribution in [3.63, 3.8) is 0 Å². The summed E-state index contributed by atoms with van der Waals surface area (Å²) in [4.78, 5) is 13.0. The van der Waals surface area contributed by atoms with Crippen LogP contribution in [0.15, 0.2) is 12.1 Å². The minimum Gasteiger partial charge on any atom is -0.490 e. The van der Waals surface area contributed by atoms with Gasteiger partial charge in [0.1, 0.15) is 0 Å². The van der Waals surface area contributed by atoms with E-state index in [2.05, 4.69) is 6.92 Å². The summed E-state index contributed by atoms with van der Waals surface area (Å²) in [6, 6.07) is 3.51. The first-order valence-corrected chi connectivity index (χ1v) is 8.18. The Hall–Kier alpha value is -1.22. The summed E-state index contributed by atoms with van der Waals surface area (Å²) in [5.41, 5.74) is 0.355. The number of ether oxygens (including phenoxy) is 2. The summed E-state index contributed by atoms with van der Waals surface area (Å²) < 4.78 is 11.3. The third-order valence-corrected chi connectivity index (χ3v) is 5.11. The minimum absolute atomic E-state index is 0.170. The maximum absolute atomic E-state index is 13.0. The van der Waals surface area contributed by atoms with Gasteiger partial charge < -0.3 is 9.47 Å². The Labute approximate surface area is 130 Å². The molecule has 3 nitrogen and oxygen atoms in total. The Bertz CT molecular complexity index is 547. The number of hydrogen-bond acceptors (Lipinski definition) is 3. The number of Topliss-reactive ketones (excluding diaryl/α,β-unsaturated/α-hetero) is 1. The molecule has 0 bridgehead atoms. The van der Waals surface area contributed by atoms with Crippen LogP contribution >= 0.6 is 11.6 Å². The van der Waals surface area contributed by atoms with Gasteiger partial charge in [0.2, 0.25) is 0 Å². The van der Waals surface area contributed by atoms with E-state index >= 15 is 0 Å². The number of hydrogen-bond donors (Lipinski definition) is 0. The average molecular weight is 309 g/mol. The molecule has 2 aliphatic rings. The van der Waals surface area contributed by atoms with Gasteiger partial charge in [-0.05, 0) is 25.3 Å². The van der Waals surface area contributed by atoms with Gasteiger partial charge in [-0.25, -0.2) is 0 Å². The fourth-order valence-corrected chi connectivity index (χ4v) is 3.68. The van der Waals surface area contributed by atoms with Gasteiger partial charge in [0.05, 0.1) is 18.2 Å². The summed E-state index contributed by atoms with van der Waals surface area (Å²) in [5.74, 6) is 1.46. The van der Waals surface area contributed by atoms with Crippen LogP contribution in [0.1, 0.15) is 55.8 Å². The molecule has 21 heavy (non-hydrogen) atoms. The fourth-order valence-electron chi connectivity index (χ4n) is 3.44. The molecule has 114 valence electrons. The number of fused-ring (bicyclic) bond motifs is 1. The molecule has 0 spiro atoms. The zero-order chi connectivity index (χ0) is 14.9. The SMILES string of the molecule is CCC1(C(=O)c2cc3c(cc2Cl)OCCCO3)CCCC1. The molecule has 1 aliphatic carbocycles. The van der Waals surface area contributed by atoms with Crippen molar-refractivity contribution in [2.45, 2.75) is 45.4 Å². The molecule has 1 aliphatic heterocycles. The van der Waals surface area contributed by atoms with Crippen molar-refractivity contribution in [3.05, 3.63) is 22.7 Å². The third kappa shape index (κ3) is 2.64. The van der Waals surface area contributed by atoms with Crippen molar-refractivity contribution in [1.82, 2.24) is 0 Å². The molecule has 1 heterocycles. The van der Waals surface area contributed by atoms with Crippen LogP contribution in [0, 0.1) is 5.41 Å². The summed E-state index contributed by atoms with van der Waals surface area (Å²) in [6.45, 7) is 3.33. The highest BCUT2D eigenvalue weighted by molar-refractivity contribution is 6.34. The minimum atomic E-state index is -0.233. The van der Waals surface area contributed by atoms with Crippen LogP contribution in [0.2, 0.25) is 5.02 Å². The van der Waals surface area contributed by atoms with E-state index in [4.69, 9.17) is 21.1 Å². The predicted molar refractivity (Wildman–Crippen MR) is 82.6 cm³/mol. The topological polar surface area (TPSA) is 35.5 Å². The average Bonchev–Trinajstić information content (AvgIpc) is 2.87. The lowest BCUT2D eigenvalue weighted by Crippen LogP contribution is -2.27. The largest absolute Gasteiger partial charge is 0.490 e. The Kier molecular flexibility index (Phi) is 4.12. The summed E-state index contributed by atoms with van der Waals surface area (Å²) >= 11 is 6.35. The second-order valence-corrected chi connectivity index (χ2v) is 6.41. The number of carbonyl (C=O) groups excluding carboxylic acids is 1.